The van der Waals surface area contributed by atoms with Crippen molar-refractivity contribution >= 4 is 11.6 Å². The van der Waals surface area contributed by atoms with Gasteiger partial charge in [-0.3, -0.25) is 9.59 Å². The van der Waals surface area contributed by atoms with Crippen LogP contribution in [0.15, 0.2) is 23.8 Å². The number of allylic oxidation sites excluding steroid dienone is 1. The molecule has 4 nitrogen and oxygen atoms in total. The second-order valence-electron chi connectivity index (χ2n) is 17.0. The second-order valence-corrected chi connectivity index (χ2v) is 17.0. The zero-order valence-corrected chi connectivity index (χ0v) is 26.9. The highest BCUT2D eigenvalue weighted by Gasteiger charge is 2.67. The molecule has 5 saturated carbocycles. The third-order valence-electron chi connectivity index (χ3n) is 16.0. The summed E-state index contributed by atoms with van der Waals surface area (Å²) in [5, 5.41) is 22.2. The summed E-state index contributed by atoms with van der Waals surface area (Å²) in [6.07, 6.45) is 16.0. The van der Waals surface area contributed by atoms with Crippen molar-refractivity contribution in [2.24, 2.45) is 45.8 Å². The molecule has 0 radical (unpaired) electrons. The van der Waals surface area contributed by atoms with Gasteiger partial charge in [0.1, 0.15) is 11.5 Å². The van der Waals surface area contributed by atoms with Gasteiger partial charge in [0.15, 0.2) is 5.78 Å². The normalized spacial score (nSPS) is 48.3. The van der Waals surface area contributed by atoms with Crippen molar-refractivity contribution in [3.8, 4) is 5.75 Å². The molecule has 11 atom stereocenters. The number of hydrogen-bond acceptors (Lipinski definition) is 4. The van der Waals surface area contributed by atoms with Crippen LogP contribution < -0.4 is 0 Å². The van der Waals surface area contributed by atoms with Crippen LogP contribution in [0.25, 0.3) is 0 Å². The topological polar surface area (TPSA) is 74.6 Å². The molecule has 4 heteroatoms. The Balaban J connectivity index is 1.22. The van der Waals surface area contributed by atoms with Crippen LogP contribution in [-0.2, 0) is 21.4 Å². The van der Waals surface area contributed by atoms with Crippen molar-refractivity contribution in [2.45, 2.75) is 135 Å². The first-order chi connectivity index (χ1) is 20.4. The number of fused-ring (bicyclic) bond motifs is 10. The smallest absolute Gasteiger partial charge is 0.155 e. The summed E-state index contributed by atoms with van der Waals surface area (Å²) >= 11 is 0. The molecule has 0 bridgehead atoms. The monoisotopic (exact) mass is 584 g/mol. The van der Waals surface area contributed by atoms with Gasteiger partial charge in [0.2, 0.25) is 0 Å². The van der Waals surface area contributed by atoms with Crippen molar-refractivity contribution in [1.29, 1.82) is 0 Å². The largest absolute Gasteiger partial charge is 0.508 e. The maximum absolute atomic E-state index is 14.4. The standard InChI is InChI=1S/C39H52O4/c1-22(40)39(18-14-32-29-8-6-24-20-25(41)11-15-36(24,2)31(29)13-17-38(32,39)4)33-21-26(42)19-23-5-7-27-28(35(23)33)12-16-37(3)30(27)9-10-34(37)43/h19-21,27-32,34,42-43H,5-18H2,1-4H3/t27-,28+,29-,30+,31+,32+,34-,36+,37+,38+,39-/m1/s1. The van der Waals surface area contributed by atoms with E-state index < -0.39 is 5.41 Å². The summed E-state index contributed by atoms with van der Waals surface area (Å²) in [6.45, 7) is 9.10. The lowest BCUT2D eigenvalue weighted by atomic mass is 9.43. The van der Waals surface area contributed by atoms with Gasteiger partial charge in [-0.05, 0) is 177 Å². The molecular formula is C39H52O4. The lowest BCUT2D eigenvalue weighted by Crippen LogP contribution is -2.56. The molecule has 7 aliphatic carbocycles. The van der Waals surface area contributed by atoms with Crippen molar-refractivity contribution in [3.05, 3.63) is 40.5 Å². The van der Waals surface area contributed by atoms with Gasteiger partial charge in [-0.25, -0.2) is 0 Å². The number of rotatable bonds is 2. The summed E-state index contributed by atoms with van der Waals surface area (Å²) < 4.78 is 0. The van der Waals surface area contributed by atoms with Gasteiger partial charge in [0.25, 0.3) is 0 Å². The molecule has 2 N–H and O–H groups in total. The predicted molar refractivity (Wildman–Crippen MR) is 168 cm³/mol. The van der Waals surface area contributed by atoms with E-state index in [4.69, 9.17) is 0 Å². The number of ketones is 2. The molecule has 0 spiro atoms. The molecule has 0 unspecified atom stereocenters. The Kier molecular flexibility index (Phi) is 6.17. The number of aliphatic hydroxyl groups is 1. The molecule has 5 fully saturated rings. The van der Waals surface area contributed by atoms with Crippen LogP contribution in [0.1, 0.15) is 134 Å². The SMILES string of the molecule is CC(=O)[C@@]1(c2cc(O)cc3c2[C@H]2CC[C@]4(C)[C@H](O)CC[C@H]4[C@@H]2CC3)CC[C@H]2[C@@H]3CCC4=CC(=O)CC[C@]4(C)[C@H]3CC[C@@]21C. The molecule has 43 heavy (non-hydrogen) atoms. The number of aromatic hydroxyl groups is 1. The van der Waals surface area contributed by atoms with E-state index >= 15 is 0 Å². The van der Waals surface area contributed by atoms with E-state index in [1.54, 1.807) is 0 Å². The Morgan fingerprint density at radius 2 is 1.58 bits per heavy atom. The number of carbonyl (C=O) groups excluding carboxylic acids is 2. The fraction of sp³-hybridized carbons (Fsp3) is 0.744. The third-order valence-corrected chi connectivity index (χ3v) is 16.0. The Morgan fingerprint density at radius 3 is 2.37 bits per heavy atom. The van der Waals surface area contributed by atoms with Gasteiger partial charge in [-0.15, -0.1) is 0 Å². The van der Waals surface area contributed by atoms with Crippen molar-refractivity contribution < 1.29 is 19.8 Å². The number of phenols is 1. The number of Topliss-reactive ketones (excluding diaryl/α,β-unsaturated/α-hetero) is 1. The predicted octanol–water partition coefficient (Wildman–Crippen LogP) is 7.97. The van der Waals surface area contributed by atoms with Crippen molar-refractivity contribution in [2.75, 3.05) is 0 Å². The molecular weight excluding hydrogens is 532 g/mol. The quantitative estimate of drug-likeness (QED) is 0.370. The van der Waals surface area contributed by atoms with Crippen LogP contribution in [0.3, 0.4) is 0 Å². The Hall–Kier alpha value is -1.94. The van der Waals surface area contributed by atoms with Crippen molar-refractivity contribution in [1.82, 2.24) is 0 Å². The fourth-order valence-corrected chi connectivity index (χ4v) is 13.8. The number of phenolic OH excluding ortho intramolecular Hbond substituents is 1. The van der Waals surface area contributed by atoms with Crippen LogP contribution in [0.2, 0.25) is 0 Å². The Labute approximate surface area is 258 Å². The third kappa shape index (κ3) is 3.54. The highest BCUT2D eigenvalue weighted by Crippen LogP contribution is 2.72. The van der Waals surface area contributed by atoms with Gasteiger partial charge >= 0.3 is 0 Å². The minimum Gasteiger partial charge on any atom is -0.508 e. The van der Waals surface area contributed by atoms with Crippen LogP contribution in [0.4, 0.5) is 0 Å². The summed E-state index contributed by atoms with van der Waals surface area (Å²) in [5.74, 6) is 4.12. The van der Waals surface area contributed by atoms with Gasteiger partial charge < -0.3 is 10.2 Å². The van der Waals surface area contributed by atoms with Crippen molar-refractivity contribution in [3.63, 3.8) is 0 Å². The maximum Gasteiger partial charge on any atom is 0.155 e. The number of aryl methyl sites for hydroxylation is 1. The van der Waals surface area contributed by atoms with E-state index in [-0.39, 0.29) is 22.3 Å². The summed E-state index contributed by atoms with van der Waals surface area (Å²) in [4.78, 5) is 26.8. The summed E-state index contributed by atoms with van der Waals surface area (Å²) in [6, 6.07) is 4.06. The highest BCUT2D eigenvalue weighted by atomic mass is 16.3. The van der Waals surface area contributed by atoms with Gasteiger partial charge in [0, 0.05) is 6.42 Å². The zero-order valence-electron chi connectivity index (χ0n) is 26.9. The van der Waals surface area contributed by atoms with E-state index in [1.165, 1.54) is 22.3 Å². The van der Waals surface area contributed by atoms with Gasteiger partial charge in [0.05, 0.1) is 11.5 Å². The molecule has 8 rings (SSSR count). The fourth-order valence-electron chi connectivity index (χ4n) is 13.8. The molecule has 1 aromatic rings. The van der Waals surface area contributed by atoms with E-state index in [1.807, 2.05) is 25.1 Å². The van der Waals surface area contributed by atoms with E-state index in [2.05, 4.69) is 20.8 Å². The summed E-state index contributed by atoms with van der Waals surface area (Å²) in [5.41, 5.74) is 4.73. The van der Waals surface area contributed by atoms with E-state index in [0.29, 0.717) is 59.2 Å². The minimum atomic E-state index is -0.567. The number of benzene rings is 1. The zero-order chi connectivity index (χ0) is 30.1. The lowest BCUT2D eigenvalue weighted by Gasteiger charge is -2.60. The van der Waals surface area contributed by atoms with Crippen LogP contribution in [-0.4, -0.2) is 27.9 Å². The van der Waals surface area contributed by atoms with Crippen LogP contribution in [0, 0.1) is 45.8 Å². The molecule has 0 saturated heterocycles. The Morgan fingerprint density at radius 1 is 0.814 bits per heavy atom. The lowest BCUT2D eigenvalue weighted by molar-refractivity contribution is -0.132. The molecule has 0 amide bonds. The van der Waals surface area contributed by atoms with Gasteiger partial charge in [-0.2, -0.15) is 0 Å². The van der Waals surface area contributed by atoms with E-state index in [9.17, 15) is 19.8 Å². The first-order valence-electron chi connectivity index (χ1n) is 17.7. The minimum absolute atomic E-state index is 0.0188. The van der Waals surface area contributed by atoms with Crippen LogP contribution >= 0.6 is 0 Å². The molecule has 7 aliphatic rings. The molecule has 1 aromatic carbocycles. The molecule has 0 aliphatic heterocycles. The first-order valence-corrected chi connectivity index (χ1v) is 17.7. The second kappa shape index (κ2) is 9.30. The number of aliphatic hydroxyl groups excluding tert-OH is 1. The van der Waals surface area contributed by atoms with E-state index in [0.717, 1.165) is 83.5 Å². The maximum atomic E-state index is 14.4. The molecule has 0 heterocycles. The molecule has 232 valence electrons. The number of carbonyl (C=O) groups is 2. The number of hydrogen-bond donors (Lipinski definition) is 2. The average molecular weight is 585 g/mol. The summed E-state index contributed by atoms with van der Waals surface area (Å²) in [7, 11) is 0. The Bertz CT molecular complexity index is 1420. The highest BCUT2D eigenvalue weighted by molar-refractivity contribution is 5.92. The van der Waals surface area contributed by atoms with Crippen LogP contribution in [0.5, 0.6) is 5.75 Å². The average Bonchev–Trinajstić information content (AvgIpc) is 3.46. The van der Waals surface area contributed by atoms with Gasteiger partial charge in [-0.1, -0.05) is 26.3 Å². The molecule has 0 aromatic heterocycles. The first kappa shape index (κ1) is 28.5.